The Kier molecular flexibility index (Phi) is 8.94. The number of sulfonamides is 1. The predicted octanol–water partition coefficient (Wildman–Crippen LogP) is 3.26. The second-order valence-corrected chi connectivity index (χ2v) is 12.0. The molecular weight excluding hydrogens is 500 g/mol. The molecule has 0 radical (unpaired) electrons. The van der Waals surface area contributed by atoms with E-state index in [1.165, 1.54) is 16.1 Å². The van der Waals surface area contributed by atoms with Gasteiger partial charge in [-0.3, -0.25) is 0 Å². The molecule has 12 heteroatoms. The van der Waals surface area contributed by atoms with Crippen LogP contribution in [0.5, 0.6) is 0 Å². The van der Waals surface area contributed by atoms with Gasteiger partial charge in [0.15, 0.2) is 5.71 Å². The van der Waals surface area contributed by atoms with Crippen LogP contribution in [0, 0.1) is 0 Å². The van der Waals surface area contributed by atoms with Crippen LogP contribution in [0.25, 0.3) is 0 Å². The number of carboxylic acid groups (broad SMARTS) is 1. The first-order chi connectivity index (χ1) is 16.2. The number of aliphatic carboxylic acids is 1. The number of thiophene rings is 1. The average Bonchev–Trinajstić information content (AvgIpc) is 3.46. The van der Waals surface area contributed by atoms with Crippen LogP contribution in [0.3, 0.4) is 0 Å². The second-order valence-electron chi connectivity index (χ2n) is 8.16. The van der Waals surface area contributed by atoms with Crippen LogP contribution >= 0.6 is 22.9 Å². The molecule has 1 spiro atoms. The van der Waals surface area contributed by atoms with Gasteiger partial charge in [-0.05, 0) is 37.2 Å². The van der Waals surface area contributed by atoms with Crippen molar-refractivity contribution in [2.45, 2.75) is 35.5 Å². The van der Waals surface area contributed by atoms with Gasteiger partial charge in [-0.25, -0.2) is 13.2 Å². The van der Waals surface area contributed by atoms with Gasteiger partial charge in [0.1, 0.15) is 9.81 Å². The summed E-state index contributed by atoms with van der Waals surface area (Å²) in [6.07, 6.45) is 2.07. The molecule has 3 heterocycles. The molecule has 186 valence electrons. The van der Waals surface area contributed by atoms with E-state index in [0.717, 1.165) is 30.8 Å². The minimum Gasteiger partial charge on any atom is -0.477 e. The lowest BCUT2D eigenvalue weighted by Gasteiger charge is -2.36. The first-order valence-electron chi connectivity index (χ1n) is 10.9. The summed E-state index contributed by atoms with van der Waals surface area (Å²) in [4.78, 5) is 18.4. The fraction of sp³-hybridized carbons (Fsp3) is 0.455. The summed E-state index contributed by atoms with van der Waals surface area (Å²) in [5.41, 5.74) is 5.98. The van der Waals surface area contributed by atoms with Crippen LogP contribution < -0.4 is 10.6 Å². The van der Waals surface area contributed by atoms with Crippen molar-refractivity contribution in [2.75, 3.05) is 38.1 Å². The third-order valence-electron chi connectivity index (χ3n) is 5.76. The van der Waals surface area contributed by atoms with Crippen molar-refractivity contribution in [3.8, 4) is 0 Å². The summed E-state index contributed by atoms with van der Waals surface area (Å²) >= 11 is 6.81. The first-order valence-corrected chi connectivity index (χ1v) is 13.5. The van der Waals surface area contributed by atoms with Crippen molar-refractivity contribution < 1.29 is 23.2 Å². The van der Waals surface area contributed by atoms with E-state index in [1.54, 1.807) is 6.07 Å². The standard InChI is InChI=1S/C12H13ClN2O5S2.C10H16N2/c13-9-1-2-10(21-9)22(18,19)15-5-3-12(4-6-15)7-8(11(16)17)14-20-12;1-12(9-5-8-11)10-6-3-2-4-7-10/h1-2H,3-7H2,(H,16,17);2-4,6-7H,5,8-9,11H2,1H3. The first kappa shape index (κ1) is 26.4. The molecule has 0 saturated carbocycles. The molecule has 34 heavy (non-hydrogen) atoms. The number of piperidine rings is 1. The van der Waals surface area contributed by atoms with Crippen molar-refractivity contribution >= 4 is 50.3 Å². The molecule has 3 N–H and O–H groups in total. The SMILES string of the molecule is CN(CCCN)c1ccccc1.O=C(O)C1=NOC2(CCN(S(=O)(=O)c3ccc(Cl)s3)CC2)C1. The number of benzene rings is 1. The predicted molar refractivity (Wildman–Crippen MR) is 134 cm³/mol. The number of nitrogens with two attached hydrogens (primary N) is 1. The molecule has 1 fully saturated rings. The number of oxime groups is 1. The van der Waals surface area contributed by atoms with Gasteiger partial charge in [0.05, 0.1) is 4.34 Å². The highest BCUT2D eigenvalue weighted by Crippen LogP contribution is 2.37. The van der Waals surface area contributed by atoms with Gasteiger partial charge >= 0.3 is 5.97 Å². The highest BCUT2D eigenvalue weighted by atomic mass is 35.5. The van der Waals surface area contributed by atoms with Crippen LogP contribution in [-0.2, 0) is 19.7 Å². The zero-order chi connectivity index (χ0) is 24.8. The molecule has 1 saturated heterocycles. The molecule has 9 nitrogen and oxygen atoms in total. The summed E-state index contributed by atoms with van der Waals surface area (Å²) < 4.78 is 27.0. The topological polar surface area (TPSA) is 126 Å². The maximum Gasteiger partial charge on any atom is 0.353 e. The van der Waals surface area contributed by atoms with Gasteiger partial charge in [0, 0.05) is 51.6 Å². The number of hydrogen-bond donors (Lipinski definition) is 2. The van der Waals surface area contributed by atoms with E-state index in [1.807, 2.05) is 18.2 Å². The third kappa shape index (κ3) is 6.48. The van der Waals surface area contributed by atoms with E-state index >= 15 is 0 Å². The summed E-state index contributed by atoms with van der Waals surface area (Å²) in [5.74, 6) is -1.10. The molecule has 1 aromatic carbocycles. The number of carboxylic acids is 1. The van der Waals surface area contributed by atoms with E-state index in [-0.39, 0.29) is 29.4 Å². The van der Waals surface area contributed by atoms with E-state index in [4.69, 9.17) is 27.3 Å². The Morgan fingerprint density at radius 1 is 1.26 bits per heavy atom. The number of nitrogens with zero attached hydrogens (tertiary/aromatic N) is 3. The number of anilines is 1. The van der Waals surface area contributed by atoms with Gasteiger partial charge in [-0.1, -0.05) is 35.0 Å². The van der Waals surface area contributed by atoms with Gasteiger partial charge in [0.25, 0.3) is 10.0 Å². The molecule has 1 aromatic heterocycles. The highest BCUT2D eigenvalue weighted by molar-refractivity contribution is 7.91. The Bertz CT molecular complexity index is 1100. The Morgan fingerprint density at radius 3 is 2.47 bits per heavy atom. The van der Waals surface area contributed by atoms with Crippen LogP contribution in [0.4, 0.5) is 5.69 Å². The van der Waals surface area contributed by atoms with Crippen LogP contribution in [0.15, 0.2) is 51.8 Å². The van der Waals surface area contributed by atoms with E-state index in [2.05, 4.69) is 29.2 Å². The van der Waals surface area contributed by atoms with Crippen LogP contribution in [0.2, 0.25) is 4.34 Å². The number of halogens is 1. The Labute approximate surface area is 208 Å². The van der Waals surface area contributed by atoms with Crippen LogP contribution in [-0.4, -0.2) is 68.3 Å². The smallest absolute Gasteiger partial charge is 0.353 e. The molecule has 0 aliphatic carbocycles. The van der Waals surface area contributed by atoms with Gasteiger partial charge in [-0.15, -0.1) is 11.3 Å². The molecule has 4 rings (SSSR count). The third-order valence-corrected chi connectivity index (χ3v) is 9.35. The zero-order valence-corrected chi connectivity index (χ0v) is 21.3. The van der Waals surface area contributed by atoms with Crippen molar-refractivity contribution in [1.82, 2.24) is 4.31 Å². The molecule has 2 aliphatic rings. The fourth-order valence-corrected chi connectivity index (χ4v) is 6.82. The summed E-state index contributed by atoms with van der Waals surface area (Å²) in [6.45, 7) is 2.32. The number of carbonyl (C=O) groups is 1. The van der Waals surface area contributed by atoms with Gasteiger partial charge < -0.3 is 20.6 Å². The lowest BCUT2D eigenvalue weighted by Crippen LogP contribution is -2.46. The lowest BCUT2D eigenvalue weighted by molar-refractivity contribution is -0.129. The minimum atomic E-state index is -3.56. The van der Waals surface area contributed by atoms with Gasteiger partial charge in [0.2, 0.25) is 0 Å². The Hall–Kier alpha value is -2.18. The molecule has 0 amide bonds. The Morgan fingerprint density at radius 2 is 1.94 bits per heavy atom. The molecule has 0 atom stereocenters. The largest absolute Gasteiger partial charge is 0.477 e. The number of rotatable bonds is 7. The van der Waals surface area contributed by atoms with Crippen molar-refractivity contribution in [2.24, 2.45) is 10.9 Å². The minimum absolute atomic E-state index is 0.0126. The fourth-order valence-electron chi connectivity index (χ4n) is 3.74. The highest BCUT2D eigenvalue weighted by Gasteiger charge is 2.46. The monoisotopic (exact) mass is 528 g/mol. The van der Waals surface area contributed by atoms with Crippen molar-refractivity contribution in [3.63, 3.8) is 0 Å². The summed E-state index contributed by atoms with van der Waals surface area (Å²) in [5, 5.41) is 12.5. The maximum atomic E-state index is 12.5. The molecule has 2 aliphatic heterocycles. The summed E-state index contributed by atoms with van der Waals surface area (Å²) in [7, 11) is -1.47. The van der Waals surface area contributed by atoms with E-state index in [9.17, 15) is 13.2 Å². The quantitative estimate of drug-likeness (QED) is 0.565. The van der Waals surface area contributed by atoms with E-state index < -0.39 is 21.6 Å². The molecular formula is C22H29ClN4O5S2. The average molecular weight is 529 g/mol. The normalized spacial score (nSPS) is 17.4. The van der Waals surface area contributed by atoms with Crippen LogP contribution in [0.1, 0.15) is 25.7 Å². The van der Waals surface area contributed by atoms with Crippen molar-refractivity contribution in [3.05, 3.63) is 46.8 Å². The molecule has 2 aromatic rings. The lowest BCUT2D eigenvalue weighted by atomic mass is 9.88. The molecule has 0 unspecified atom stereocenters. The summed E-state index contributed by atoms with van der Waals surface area (Å²) in [6, 6.07) is 13.4. The molecule has 0 bridgehead atoms. The Balaban J connectivity index is 0.000000229. The zero-order valence-electron chi connectivity index (χ0n) is 18.9. The number of para-hydroxylation sites is 1. The maximum absolute atomic E-state index is 12.5. The van der Waals surface area contributed by atoms with Gasteiger partial charge in [-0.2, -0.15) is 4.31 Å². The van der Waals surface area contributed by atoms with E-state index in [0.29, 0.717) is 17.2 Å². The van der Waals surface area contributed by atoms with Crippen molar-refractivity contribution in [1.29, 1.82) is 0 Å². The number of hydrogen-bond acceptors (Lipinski definition) is 8. The second kappa shape index (κ2) is 11.5.